The van der Waals surface area contributed by atoms with Gasteiger partial charge in [-0.25, -0.2) is 4.98 Å². The average molecular weight is 410 g/mol. The van der Waals surface area contributed by atoms with E-state index in [0.717, 1.165) is 27.0 Å². The minimum atomic E-state index is 0.519. The number of rotatable bonds is 4. The number of aromatic nitrogens is 1. The van der Waals surface area contributed by atoms with Crippen LogP contribution in [0.5, 0.6) is 0 Å². The highest BCUT2D eigenvalue weighted by Crippen LogP contribution is 2.27. The fourth-order valence-corrected chi connectivity index (χ4v) is 3.61. The van der Waals surface area contributed by atoms with E-state index in [2.05, 4.69) is 51.4 Å². The van der Waals surface area contributed by atoms with Crippen molar-refractivity contribution in [3.8, 4) is 17.3 Å². The van der Waals surface area contributed by atoms with Crippen LogP contribution in [0.1, 0.15) is 16.1 Å². The fraction of sp³-hybridized carbons (Fsp3) is 0.100. The van der Waals surface area contributed by atoms with Crippen molar-refractivity contribution in [2.24, 2.45) is 0 Å². The van der Waals surface area contributed by atoms with Gasteiger partial charge < -0.3 is 5.32 Å². The summed E-state index contributed by atoms with van der Waals surface area (Å²) in [5.74, 6) is 0. The number of benzene rings is 2. The molecule has 0 radical (unpaired) electrons. The highest BCUT2D eigenvalue weighted by atomic mass is 79.9. The molecule has 3 rings (SSSR count). The molecule has 5 heteroatoms. The van der Waals surface area contributed by atoms with Crippen LogP contribution in [0.4, 0.5) is 5.69 Å². The van der Waals surface area contributed by atoms with Crippen LogP contribution >= 0.6 is 27.3 Å². The van der Waals surface area contributed by atoms with Gasteiger partial charge in [0.1, 0.15) is 16.6 Å². The van der Waals surface area contributed by atoms with Gasteiger partial charge in [0.05, 0.1) is 5.69 Å². The molecule has 2 aromatic carbocycles. The van der Waals surface area contributed by atoms with Gasteiger partial charge in [-0.3, -0.25) is 0 Å². The summed E-state index contributed by atoms with van der Waals surface area (Å²) in [7, 11) is 0. The van der Waals surface area contributed by atoms with Crippen molar-refractivity contribution in [2.45, 2.75) is 13.8 Å². The average Bonchev–Trinajstić information content (AvgIpc) is 3.07. The molecule has 1 N–H and O–H groups in total. The van der Waals surface area contributed by atoms with Gasteiger partial charge >= 0.3 is 0 Å². The van der Waals surface area contributed by atoms with Crippen molar-refractivity contribution in [1.29, 1.82) is 5.26 Å². The number of halogens is 1. The number of anilines is 1. The van der Waals surface area contributed by atoms with Crippen molar-refractivity contribution >= 4 is 38.5 Å². The van der Waals surface area contributed by atoms with Crippen LogP contribution in [-0.4, -0.2) is 4.98 Å². The van der Waals surface area contributed by atoms with Crippen molar-refractivity contribution in [1.82, 2.24) is 4.98 Å². The minimum Gasteiger partial charge on any atom is -0.360 e. The van der Waals surface area contributed by atoms with E-state index < -0.39 is 0 Å². The lowest BCUT2D eigenvalue weighted by Gasteiger charge is -2.06. The molecular formula is C20H16BrN3S. The summed E-state index contributed by atoms with van der Waals surface area (Å²) < 4.78 is 1.03. The van der Waals surface area contributed by atoms with Gasteiger partial charge in [-0.1, -0.05) is 45.8 Å². The third-order valence-corrected chi connectivity index (χ3v) is 5.13. The second kappa shape index (κ2) is 7.64. The molecule has 0 aliphatic rings. The lowest BCUT2D eigenvalue weighted by atomic mass is 10.1. The number of aryl methyl sites for hydroxylation is 2. The Kier molecular flexibility index (Phi) is 5.32. The Morgan fingerprint density at radius 2 is 1.96 bits per heavy atom. The number of nitrogens with one attached hydrogen (secondary N) is 1. The van der Waals surface area contributed by atoms with E-state index in [1.807, 2.05) is 42.6 Å². The first kappa shape index (κ1) is 17.4. The Bertz CT molecular complexity index is 965. The van der Waals surface area contributed by atoms with Crippen LogP contribution < -0.4 is 5.32 Å². The number of nitriles is 1. The normalized spacial score (nSPS) is 11.2. The lowest BCUT2D eigenvalue weighted by molar-refractivity contribution is 1.35. The summed E-state index contributed by atoms with van der Waals surface area (Å²) in [6.07, 6.45) is 1.72. The SMILES string of the molecule is Cc1ccc(-c2csc(/C(C#N)=C/Nc3ccc(Br)cc3C)n2)cc1. The summed E-state index contributed by atoms with van der Waals surface area (Å²) >= 11 is 4.93. The van der Waals surface area contributed by atoms with Gasteiger partial charge in [0.2, 0.25) is 0 Å². The fourth-order valence-electron chi connectivity index (χ4n) is 2.34. The van der Waals surface area contributed by atoms with Gasteiger partial charge in [-0.2, -0.15) is 5.26 Å². The second-order valence-electron chi connectivity index (χ2n) is 5.68. The maximum absolute atomic E-state index is 9.49. The molecule has 0 aliphatic carbocycles. The Morgan fingerprint density at radius 1 is 1.20 bits per heavy atom. The molecule has 0 unspecified atom stereocenters. The predicted octanol–water partition coefficient (Wildman–Crippen LogP) is 6.17. The van der Waals surface area contributed by atoms with Crippen molar-refractivity contribution < 1.29 is 0 Å². The van der Waals surface area contributed by atoms with Crippen LogP contribution in [0.15, 0.2) is 58.5 Å². The third kappa shape index (κ3) is 4.16. The zero-order chi connectivity index (χ0) is 17.8. The van der Waals surface area contributed by atoms with E-state index in [1.54, 1.807) is 6.20 Å². The van der Waals surface area contributed by atoms with Crippen LogP contribution in [0.3, 0.4) is 0 Å². The monoisotopic (exact) mass is 409 g/mol. The number of hydrogen-bond acceptors (Lipinski definition) is 4. The van der Waals surface area contributed by atoms with Crippen molar-refractivity contribution in [2.75, 3.05) is 5.32 Å². The molecule has 25 heavy (non-hydrogen) atoms. The first-order valence-electron chi connectivity index (χ1n) is 7.73. The molecule has 0 aliphatic heterocycles. The summed E-state index contributed by atoms with van der Waals surface area (Å²) in [5.41, 5.74) is 5.74. The van der Waals surface area contributed by atoms with Crippen molar-refractivity contribution in [3.63, 3.8) is 0 Å². The second-order valence-corrected chi connectivity index (χ2v) is 7.45. The van der Waals surface area contributed by atoms with E-state index in [1.165, 1.54) is 16.9 Å². The first-order valence-corrected chi connectivity index (χ1v) is 9.40. The van der Waals surface area contributed by atoms with Gasteiger partial charge in [0, 0.05) is 27.3 Å². The molecular weight excluding hydrogens is 394 g/mol. The van der Waals surface area contributed by atoms with Crippen LogP contribution in [-0.2, 0) is 0 Å². The quantitative estimate of drug-likeness (QED) is 0.524. The van der Waals surface area contributed by atoms with Crippen LogP contribution in [0, 0.1) is 25.2 Å². The summed E-state index contributed by atoms with van der Waals surface area (Å²) in [6, 6.07) is 16.4. The van der Waals surface area contributed by atoms with Gasteiger partial charge in [0.25, 0.3) is 0 Å². The summed E-state index contributed by atoms with van der Waals surface area (Å²) in [6.45, 7) is 4.08. The van der Waals surface area contributed by atoms with Crippen LogP contribution in [0.2, 0.25) is 0 Å². The minimum absolute atomic E-state index is 0.519. The predicted molar refractivity (Wildman–Crippen MR) is 108 cm³/mol. The number of hydrogen-bond donors (Lipinski definition) is 1. The Morgan fingerprint density at radius 3 is 2.64 bits per heavy atom. The van der Waals surface area contributed by atoms with E-state index in [9.17, 15) is 5.26 Å². The Labute approximate surface area is 159 Å². The molecule has 0 amide bonds. The Hall–Kier alpha value is -2.42. The molecule has 1 heterocycles. The summed E-state index contributed by atoms with van der Waals surface area (Å²) in [4.78, 5) is 4.61. The topological polar surface area (TPSA) is 48.7 Å². The lowest BCUT2D eigenvalue weighted by Crippen LogP contribution is -1.93. The maximum atomic E-state index is 9.49. The summed E-state index contributed by atoms with van der Waals surface area (Å²) in [5, 5.41) is 15.4. The first-order chi connectivity index (χ1) is 12.1. The van der Waals surface area contributed by atoms with E-state index in [0.29, 0.717) is 10.6 Å². The van der Waals surface area contributed by atoms with E-state index in [4.69, 9.17) is 0 Å². The van der Waals surface area contributed by atoms with Crippen molar-refractivity contribution in [3.05, 3.63) is 74.7 Å². The molecule has 1 aromatic heterocycles. The smallest absolute Gasteiger partial charge is 0.136 e. The molecule has 3 nitrogen and oxygen atoms in total. The highest BCUT2D eigenvalue weighted by molar-refractivity contribution is 9.10. The zero-order valence-electron chi connectivity index (χ0n) is 13.9. The molecule has 0 spiro atoms. The van der Waals surface area contributed by atoms with Crippen LogP contribution in [0.25, 0.3) is 16.8 Å². The molecule has 0 atom stereocenters. The molecule has 0 fully saturated rings. The van der Waals surface area contributed by atoms with Gasteiger partial charge in [-0.05, 0) is 37.6 Å². The van der Waals surface area contributed by atoms with Gasteiger partial charge in [-0.15, -0.1) is 11.3 Å². The molecule has 124 valence electrons. The standard InChI is InChI=1S/C20H16BrN3S/c1-13-3-5-15(6-4-13)19-12-25-20(24-19)16(10-22)11-23-18-8-7-17(21)9-14(18)2/h3-9,11-12,23H,1-2H3/b16-11+. The largest absolute Gasteiger partial charge is 0.360 e. The van der Waals surface area contributed by atoms with E-state index >= 15 is 0 Å². The third-order valence-electron chi connectivity index (χ3n) is 3.76. The van der Waals surface area contributed by atoms with E-state index in [-0.39, 0.29) is 0 Å². The molecule has 0 saturated carbocycles. The molecule has 0 bridgehead atoms. The molecule has 3 aromatic rings. The van der Waals surface area contributed by atoms with Gasteiger partial charge in [0.15, 0.2) is 0 Å². The number of allylic oxidation sites excluding steroid dienone is 1. The zero-order valence-corrected chi connectivity index (χ0v) is 16.3. The maximum Gasteiger partial charge on any atom is 0.136 e. The number of nitrogens with zero attached hydrogens (tertiary/aromatic N) is 2. The number of thiazole rings is 1. The molecule has 0 saturated heterocycles. The highest BCUT2D eigenvalue weighted by Gasteiger charge is 2.09. The Balaban J connectivity index is 1.84.